The number of aromatic amines is 1. The molecule has 0 bridgehead atoms. The highest BCUT2D eigenvalue weighted by Gasteiger charge is 2.43. The van der Waals surface area contributed by atoms with Gasteiger partial charge in [-0.1, -0.05) is 65.7 Å². The van der Waals surface area contributed by atoms with Gasteiger partial charge in [-0.05, 0) is 30.5 Å². The van der Waals surface area contributed by atoms with E-state index in [0.717, 1.165) is 23.1 Å². The predicted octanol–water partition coefficient (Wildman–Crippen LogP) is 5.19. The van der Waals surface area contributed by atoms with Gasteiger partial charge < -0.3 is 19.2 Å². The Hall–Kier alpha value is -2.93. The second kappa shape index (κ2) is 7.89. The van der Waals surface area contributed by atoms with Gasteiger partial charge in [0.05, 0.1) is 28.9 Å². The lowest BCUT2D eigenvalue weighted by atomic mass is 10.0. The van der Waals surface area contributed by atoms with Crippen LogP contribution in [-0.2, 0) is 9.47 Å². The summed E-state index contributed by atoms with van der Waals surface area (Å²) in [5.74, 6) is 0. The van der Waals surface area contributed by atoms with E-state index >= 15 is 0 Å². The second-order valence-corrected chi connectivity index (χ2v) is 8.74. The van der Waals surface area contributed by atoms with Gasteiger partial charge >= 0.3 is 0 Å². The maximum absolute atomic E-state index is 6.58. The Labute approximate surface area is 190 Å². The average Bonchev–Trinajstić information content (AvgIpc) is 3.50. The number of imidazole rings is 1. The van der Waals surface area contributed by atoms with Crippen LogP contribution in [0.15, 0.2) is 54.6 Å². The van der Waals surface area contributed by atoms with E-state index in [0.29, 0.717) is 35.6 Å². The summed E-state index contributed by atoms with van der Waals surface area (Å²) >= 11 is 6.58. The van der Waals surface area contributed by atoms with Crippen LogP contribution in [0, 0.1) is 6.92 Å². The summed E-state index contributed by atoms with van der Waals surface area (Å²) in [6.07, 6.45) is 0.814. The zero-order valence-corrected chi connectivity index (χ0v) is 18.3. The Bertz CT molecular complexity index is 1290. The molecular formula is C25H22ClN3O3. The lowest BCUT2D eigenvalue weighted by Crippen LogP contribution is -2.32. The van der Waals surface area contributed by atoms with E-state index in [9.17, 15) is 0 Å². The second-order valence-electron chi connectivity index (χ2n) is 8.33. The van der Waals surface area contributed by atoms with Crippen molar-refractivity contribution in [2.24, 2.45) is 0 Å². The van der Waals surface area contributed by atoms with Gasteiger partial charge in [0.25, 0.3) is 6.01 Å². The average molecular weight is 448 g/mol. The summed E-state index contributed by atoms with van der Waals surface area (Å²) in [6, 6.07) is 18.9. The molecular weight excluding hydrogens is 426 g/mol. The summed E-state index contributed by atoms with van der Waals surface area (Å²) in [6.45, 7) is 3.30. The molecule has 0 amide bonds. The number of aromatic nitrogens is 3. The molecule has 4 heterocycles. The van der Waals surface area contributed by atoms with Crippen LogP contribution < -0.4 is 4.74 Å². The quantitative estimate of drug-likeness (QED) is 0.466. The molecule has 0 radical (unpaired) electrons. The molecule has 6 nitrogen and oxygen atoms in total. The van der Waals surface area contributed by atoms with Crippen molar-refractivity contribution in [1.82, 2.24) is 15.0 Å². The van der Waals surface area contributed by atoms with Crippen LogP contribution in [0.3, 0.4) is 0 Å². The molecule has 162 valence electrons. The van der Waals surface area contributed by atoms with Crippen molar-refractivity contribution >= 4 is 22.8 Å². The molecule has 7 heteroatoms. The maximum atomic E-state index is 6.58. The van der Waals surface area contributed by atoms with Gasteiger partial charge in [-0.2, -0.15) is 4.98 Å². The Morgan fingerprint density at radius 3 is 2.69 bits per heavy atom. The number of pyridine rings is 1. The number of fused-ring (bicyclic) bond motifs is 2. The van der Waals surface area contributed by atoms with Gasteiger partial charge in [-0.25, -0.2) is 4.98 Å². The number of aryl methyl sites for hydroxylation is 1. The summed E-state index contributed by atoms with van der Waals surface area (Å²) in [5.41, 5.74) is 6.48. The SMILES string of the molecule is Cc1cccc(-c2ccc(-c3nc4nc(OC5COC6CCOC65)[nH]c4cc3Cl)cc2)c1. The minimum absolute atomic E-state index is 0.0396. The van der Waals surface area contributed by atoms with Gasteiger partial charge in [0.1, 0.15) is 6.10 Å². The fourth-order valence-electron chi connectivity index (χ4n) is 4.47. The number of halogens is 1. The highest BCUT2D eigenvalue weighted by molar-refractivity contribution is 6.33. The molecule has 2 aromatic heterocycles. The third-order valence-electron chi connectivity index (χ3n) is 6.10. The smallest absolute Gasteiger partial charge is 0.296 e. The molecule has 6 rings (SSSR count). The standard InChI is InChI=1S/C25H22ClN3O3/c1-14-3-2-4-17(11-14)15-5-7-16(8-6-15)22-18(26)12-19-24(28-22)29-25(27-19)32-21-13-31-20-9-10-30-23(20)21/h2-8,11-12,20-21,23H,9-10,13H2,1H3,(H,27,28,29). The molecule has 0 saturated carbocycles. The number of benzene rings is 2. The third-order valence-corrected chi connectivity index (χ3v) is 6.39. The Balaban J connectivity index is 1.27. The van der Waals surface area contributed by atoms with E-state index in [1.54, 1.807) is 0 Å². The first-order valence-corrected chi connectivity index (χ1v) is 11.2. The summed E-state index contributed by atoms with van der Waals surface area (Å²) < 4.78 is 17.5. The summed E-state index contributed by atoms with van der Waals surface area (Å²) in [7, 11) is 0. The van der Waals surface area contributed by atoms with E-state index in [1.165, 1.54) is 11.1 Å². The third kappa shape index (κ3) is 3.54. The van der Waals surface area contributed by atoms with Crippen LogP contribution in [0.25, 0.3) is 33.5 Å². The first kappa shape index (κ1) is 19.7. The fourth-order valence-corrected chi connectivity index (χ4v) is 4.73. The number of hydrogen-bond donors (Lipinski definition) is 1. The summed E-state index contributed by atoms with van der Waals surface area (Å²) in [5, 5.41) is 0.555. The van der Waals surface area contributed by atoms with Crippen molar-refractivity contribution in [2.75, 3.05) is 13.2 Å². The van der Waals surface area contributed by atoms with Crippen LogP contribution in [0.2, 0.25) is 5.02 Å². The predicted molar refractivity (Wildman–Crippen MR) is 123 cm³/mol. The molecule has 4 aromatic rings. The zero-order valence-electron chi connectivity index (χ0n) is 17.5. The molecule has 0 aliphatic carbocycles. The summed E-state index contributed by atoms with van der Waals surface area (Å²) in [4.78, 5) is 12.4. The number of nitrogens with one attached hydrogen (secondary N) is 1. The number of hydrogen-bond acceptors (Lipinski definition) is 5. The van der Waals surface area contributed by atoms with Crippen LogP contribution in [0.5, 0.6) is 6.01 Å². The van der Waals surface area contributed by atoms with Gasteiger partial charge in [-0.3, -0.25) is 0 Å². The van der Waals surface area contributed by atoms with E-state index < -0.39 is 0 Å². The minimum Gasteiger partial charge on any atom is -0.456 e. The topological polar surface area (TPSA) is 69.3 Å². The normalized spacial score (nSPS) is 22.4. The van der Waals surface area contributed by atoms with Crippen LogP contribution in [-0.4, -0.2) is 46.5 Å². The van der Waals surface area contributed by atoms with Crippen molar-refractivity contribution < 1.29 is 14.2 Å². The van der Waals surface area contributed by atoms with Crippen molar-refractivity contribution in [3.63, 3.8) is 0 Å². The van der Waals surface area contributed by atoms with Crippen molar-refractivity contribution in [3.05, 3.63) is 65.2 Å². The lowest BCUT2D eigenvalue weighted by molar-refractivity contribution is 0.0273. The van der Waals surface area contributed by atoms with E-state index in [4.69, 9.17) is 30.8 Å². The monoisotopic (exact) mass is 447 g/mol. The largest absolute Gasteiger partial charge is 0.456 e. The molecule has 0 spiro atoms. The molecule has 2 saturated heterocycles. The molecule has 3 unspecified atom stereocenters. The Kier molecular flexibility index (Phi) is 4.86. The number of nitrogens with zero attached hydrogens (tertiary/aromatic N) is 2. The molecule has 2 aliphatic rings. The van der Waals surface area contributed by atoms with Gasteiger partial charge in [0.15, 0.2) is 11.8 Å². The minimum atomic E-state index is -0.174. The first-order valence-electron chi connectivity index (χ1n) is 10.8. The number of rotatable bonds is 4. The van der Waals surface area contributed by atoms with Gasteiger partial charge in [-0.15, -0.1) is 0 Å². The van der Waals surface area contributed by atoms with Gasteiger partial charge in [0.2, 0.25) is 0 Å². The molecule has 2 aromatic carbocycles. The number of ether oxygens (including phenoxy) is 3. The van der Waals surface area contributed by atoms with Crippen molar-refractivity contribution in [1.29, 1.82) is 0 Å². The highest BCUT2D eigenvalue weighted by Crippen LogP contribution is 2.33. The van der Waals surface area contributed by atoms with Crippen LogP contribution in [0.4, 0.5) is 0 Å². The Morgan fingerprint density at radius 1 is 1.00 bits per heavy atom. The van der Waals surface area contributed by atoms with Crippen LogP contribution in [0.1, 0.15) is 12.0 Å². The number of H-pyrrole nitrogens is 1. The van der Waals surface area contributed by atoms with Crippen molar-refractivity contribution in [2.45, 2.75) is 31.7 Å². The van der Waals surface area contributed by atoms with Gasteiger partial charge in [0, 0.05) is 12.2 Å². The molecule has 2 fully saturated rings. The van der Waals surface area contributed by atoms with E-state index in [2.05, 4.69) is 53.3 Å². The van der Waals surface area contributed by atoms with Crippen LogP contribution >= 0.6 is 11.6 Å². The first-order chi connectivity index (χ1) is 15.6. The maximum Gasteiger partial charge on any atom is 0.296 e. The molecule has 2 aliphatic heterocycles. The lowest BCUT2D eigenvalue weighted by Gasteiger charge is -2.15. The van der Waals surface area contributed by atoms with E-state index in [1.807, 2.05) is 18.2 Å². The van der Waals surface area contributed by atoms with E-state index in [-0.39, 0.29) is 18.3 Å². The Morgan fingerprint density at radius 2 is 1.84 bits per heavy atom. The molecule has 3 atom stereocenters. The fraction of sp³-hybridized carbons (Fsp3) is 0.280. The highest BCUT2D eigenvalue weighted by atomic mass is 35.5. The zero-order chi connectivity index (χ0) is 21.7. The molecule has 32 heavy (non-hydrogen) atoms. The van der Waals surface area contributed by atoms with Crippen molar-refractivity contribution in [3.8, 4) is 28.4 Å². The molecule has 1 N–H and O–H groups in total.